The van der Waals surface area contributed by atoms with Gasteiger partial charge in [-0.25, -0.2) is 4.79 Å². The van der Waals surface area contributed by atoms with Crippen molar-refractivity contribution in [3.63, 3.8) is 0 Å². The van der Waals surface area contributed by atoms with Crippen LogP contribution in [0.5, 0.6) is 0 Å². The van der Waals surface area contributed by atoms with Gasteiger partial charge in [-0.2, -0.15) is 0 Å². The number of ether oxygens (including phenoxy) is 2. The van der Waals surface area contributed by atoms with Crippen molar-refractivity contribution in [2.24, 2.45) is 5.92 Å². The molecule has 0 aromatic carbocycles. The summed E-state index contributed by atoms with van der Waals surface area (Å²) in [6.45, 7) is 11.7. The van der Waals surface area contributed by atoms with E-state index in [2.05, 4.69) is 19.2 Å². The van der Waals surface area contributed by atoms with Gasteiger partial charge < -0.3 is 14.8 Å². The lowest BCUT2D eigenvalue weighted by atomic mass is 9.98. The topological polar surface area (TPSA) is 47.6 Å². The van der Waals surface area contributed by atoms with Crippen molar-refractivity contribution < 1.29 is 14.3 Å². The van der Waals surface area contributed by atoms with Crippen LogP contribution in [-0.4, -0.2) is 30.9 Å². The molecule has 102 valence electrons. The van der Waals surface area contributed by atoms with E-state index >= 15 is 0 Å². The van der Waals surface area contributed by atoms with Gasteiger partial charge in [0, 0.05) is 7.11 Å². The second kappa shape index (κ2) is 6.84. The number of alkyl carbamates (subject to hydrolysis) is 1. The van der Waals surface area contributed by atoms with E-state index in [0.29, 0.717) is 5.92 Å². The second-order valence-electron chi connectivity index (χ2n) is 5.61. The summed E-state index contributed by atoms with van der Waals surface area (Å²) >= 11 is 0. The van der Waals surface area contributed by atoms with E-state index in [9.17, 15) is 4.79 Å². The first-order valence-electron chi connectivity index (χ1n) is 6.23. The minimum atomic E-state index is -0.469. The summed E-state index contributed by atoms with van der Waals surface area (Å²) in [7, 11) is 1.67. The molecule has 0 bridgehead atoms. The lowest BCUT2D eigenvalue weighted by Gasteiger charge is -2.30. The second-order valence-corrected chi connectivity index (χ2v) is 5.61. The van der Waals surface area contributed by atoms with Gasteiger partial charge >= 0.3 is 6.09 Å². The Morgan fingerprint density at radius 1 is 1.29 bits per heavy atom. The highest BCUT2D eigenvalue weighted by Gasteiger charge is 2.26. The predicted octanol–water partition coefficient (Wildman–Crippen LogP) is 2.96. The van der Waals surface area contributed by atoms with E-state index in [1.54, 1.807) is 7.11 Å². The van der Waals surface area contributed by atoms with Crippen LogP contribution in [0, 0.1) is 5.92 Å². The Bertz CT molecular complexity index is 233. The first-order valence-corrected chi connectivity index (χ1v) is 6.23. The molecule has 0 aliphatic heterocycles. The van der Waals surface area contributed by atoms with Gasteiger partial charge in [0.1, 0.15) is 5.60 Å². The van der Waals surface area contributed by atoms with E-state index in [4.69, 9.17) is 9.47 Å². The number of methoxy groups -OCH3 is 1. The lowest BCUT2D eigenvalue weighted by molar-refractivity contribution is 0.0166. The van der Waals surface area contributed by atoms with Crippen molar-refractivity contribution in [1.29, 1.82) is 0 Å². The number of hydrogen-bond donors (Lipinski definition) is 1. The van der Waals surface area contributed by atoms with Crippen molar-refractivity contribution in [3.05, 3.63) is 0 Å². The number of rotatable bonds is 5. The van der Waals surface area contributed by atoms with Crippen molar-refractivity contribution in [1.82, 2.24) is 5.32 Å². The molecule has 4 heteroatoms. The largest absolute Gasteiger partial charge is 0.444 e. The van der Waals surface area contributed by atoms with Crippen molar-refractivity contribution >= 4 is 6.09 Å². The predicted molar refractivity (Wildman–Crippen MR) is 69.1 cm³/mol. The number of hydrogen-bond acceptors (Lipinski definition) is 3. The van der Waals surface area contributed by atoms with E-state index in [-0.39, 0.29) is 18.2 Å². The number of nitrogens with one attached hydrogen (secondary N) is 1. The Morgan fingerprint density at radius 3 is 2.12 bits per heavy atom. The normalized spacial score (nSPS) is 15.5. The quantitative estimate of drug-likeness (QED) is 0.810. The smallest absolute Gasteiger partial charge is 0.407 e. The Labute approximate surface area is 105 Å². The van der Waals surface area contributed by atoms with Gasteiger partial charge in [0.15, 0.2) is 0 Å². The third-order valence-electron chi connectivity index (χ3n) is 2.47. The monoisotopic (exact) mass is 245 g/mol. The van der Waals surface area contributed by atoms with Crippen molar-refractivity contribution in [2.75, 3.05) is 7.11 Å². The molecule has 17 heavy (non-hydrogen) atoms. The molecular formula is C13H27NO3. The number of carbonyl (C=O) groups is 1. The fourth-order valence-electron chi connectivity index (χ4n) is 1.78. The van der Waals surface area contributed by atoms with Crippen molar-refractivity contribution in [3.8, 4) is 0 Å². The SMILES string of the molecule is CC[C@@H](NC(=O)OC(C)(C)C)[C@H](OC)C(C)C. The van der Waals surface area contributed by atoms with E-state index < -0.39 is 5.60 Å². The summed E-state index contributed by atoms with van der Waals surface area (Å²) < 4.78 is 10.7. The van der Waals surface area contributed by atoms with Gasteiger partial charge in [-0.1, -0.05) is 20.8 Å². The minimum absolute atomic E-state index is 0.00696. The van der Waals surface area contributed by atoms with Crippen LogP contribution in [0.2, 0.25) is 0 Å². The highest BCUT2D eigenvalue weighted by Crippen LogP contribution is 2.14. The van der Waals surface area contributed by atoms with Gasteiger partial charge in [0.05, 0.1) is 12.1 Å². The Morgan fingerprint density at radius 2 is 1.82 bits per heavy atom. The molecule has 0 unspecified atom stereocenters. The molecule has 4 nitrogen and oxygen atoms in total. The van der Waals surface area contributed by atoms with E-state index in [1.165, 1.54) is 0 Å². The molecule has 0 radical (unpaired) electrons. The third kappa shape index (κ3) is 6.51. The molecular weight excluding hydrogens is 218 g/mol. The molecule has 0 saturated carbocycles. The summed E-state index contributed by atoms with van der Waals surface area (Å²) in [6.07, 6.45) is 0.440. The van der Waals surface area contributed by atoms with Gasteiger partial charge in [-0.3, -0.25) is 0 Å². The molecule has 0 heterocycles. The summed E-state index contributed by atoms with van der Waals surface area (Å²) in [5.74, 6) is 0.347. The molecule has 0 saturated heterocycles. The first-order chi connectivity index (χ1) is 7.71. The highest BCUT2D eigenvalue weighted by atomic mass is 16.6. The summed E-state index contributed by atoms with van der Waals surface area (Å²) in [4.78, 5) is 11.7. The Balaban J connectivity index is 4.44. The fourth-order valence-corrected chi connectivity index (χ4v) is 1.78. The van der Waals surface area contributed by atoms with E-state index in [1.807, 2.05) is 27.7 Å². The molecule has 0 fully saturated rings. The molecule has 0 rings (SSSR count). The van der Waals surface area contributed by atoms with Crippen LogP contribution >= 0.6 is 0 Å². The van der Waals surface area contributed by atoms with Crippen LogP contribution in [0.15, 0.2) is 0 Å². The lowest BCUT2D eigenvalue weighted by Crippen LogP contribution is -2.47. The summed E-state index contributed by atoms with van der Waals surface area (Å²) in [6, 6.07) is -0.0187. The Kier molecular flexibility index (Phi) is 6.53. The zero-order valence-corrected chi connectivity index (χ0v) is 12.2. The van der Waals surface area contributed by atoms with Crippen LogP contribution in [0.4, 0.5) is 4.79 Å². The van der Waals surface area contributed by atoms with Crippen LogP contribution in [0.1, 0.15) is 48.0 Å². The van der Waals surface area contributed by atoms with Crippen LogP contribution in [-0.2, 0) is 9.47 Å². The maximum atomic E-state index is 11.7. The highest BCUT2D eigenvalue weighted by molar-refractivity contribution is 5.68. The van der Waals surface area contributed by atoms with Gasteiger partial charge in [-0.05, 0) is 33.1 Å². The zero-order chi connectivity index (χ0) is 13.6. The molecule has 1 N–H and O–H groups in total. The first kappa shape index (κ1) is 16.2. The number of carbonyl (C=O) groups excluding carboxylic acids is 1. The van der Waals surface area contributed by atoms with Crippen LogP contribution < -0.4 is 5.32 Å². The molecule has 0 aromatic heterocycles. The van der Waals surface area contributed by atoms with Crippen molar-refractivity contribution in [2.45, 2.75) is 65.7 Å². The molecule has 2 atom stereocenters. The zero-order valence-electron chi connectivity index (χ0n) is 12.2. The standard InChI is InChI=1S/C13H27NO3/c1-8-10(11(16-7)9(2)3)14-12(15)17-13(4,5)6/h9-11H,8H2,1-7H3,(H,14,15)/t10-,11-/m1/s1. The summed E-state index contributed by atoms with van der Waals surface area (Å²) in [5, 5.41) is 2.87. The molecule has 0 spiro atoms. The third-order valence-corrected chi connectivity index (χ3v) is 2.47. The van der Waals surface area contributed by atoms with Crippen LogP contribution in [0.25, 0.3) is 0 Å². The maximum Gasteiger partial charge on any atom is 0.407 e. The van der Waals surface area contributed by atoms with E-state index in [0.717, 1.165) is 6.42 Å². The van der Waals surface area contributed by atoms with Crippen LogP contribution in [0.3, 0.4) is 0 Å². The molecule has 0 aliphatic rings. The van der Waals surface area contributed by atoms with Gasteiger partial charge in [0.2, 0.25) is 0 Å². The molecule has 0 aliphatic carbocycles. The summed E-state index contributed by atoms with van der Waals surface area (Å²) in [5.41, 5.74) is -0.469. The average molecular weight is 245 g/mol. The Hall–Kier alpha value is -0.770. The number of amides is 1. The minimum Gasteiger partial charge on any atom is -0.444 e. The molecule has 1 amide bonds. The average Bonchev–Trinajstić information content (AvgIpc) is 2.13. The van der Waals surface area contributed by atoms with Gasteiger partial charge in [-0.15, -0.1) is 0 Å². The maximum absolute atomic E-state index is 11.7. The van der Waals surface area contributed by atoms with Gasteiger partial charge in [0.25, 0.3) is 0 Å². The molecule has 0 aromatic rings. The fraction of sp³-hybridized carbons (Fsp3) is 0.923.